The van der Waals surface area contributed by atoms with Gasteiger partial charge in [0.2, 0.25) is 5.91 Å². The maximum Gasteiger partial charge on any atom is 0.250 e. The van der Waals surface area contributed by atoms with Gasteiger partial charge < -0.3 is 15.1 Å². The second-order valence-electron chi connectivity index (χ2n) is 10.6. The van der Waals surface area contributed by atoms with Gasteiger partial charge >= 0.3 is 0 Å². The molecule has 0 unspecified atom stereocenters. The summed E-state index contributed by atoms with van der Waals surface area (Å²) in [6, 6.07) is 7.32. The number of phenols is 1. The summed E-state index contributed by atoms with van der Waals surface area (Å²) < 4.78 is 0. The molecule has 2 N–H and O–H groups in total. The molecule has 2 aliphatic carbocycles. The molecule has 4 heteroatoms. The molecule has 1 aromatic carbocycles. The normalized spacial score (nSPS) is 29.9. The van der Waals surface area contributed by atoms with Gasteiger partial charge in [-0.25, -0.2) is 0 Å². The molecule has 0 spiro atoms. The minimum atomic E-state index is -0.509. The van der Waals surface area contributed by atoms with Crippen molar-refractivity contribution in [2.24, 2.45) is 11.3 Å². The van der Waals surface area contributed by atoms with E-state index in [-0.39, 0.29) is 23.1 Å². The van der Waals surface area contributed by atoms with Crippen LogP contribution in [0.3, 0.4) is 0 Å². The molecular weight excluding hydrogens is 398 g/mol. The van der Waals surface area contributed by atoms with Crippen molar-refractivity contribution >= 4 is 5.91 Å². The van der Waals surface area contributed by atoms with E-state index in [0.29, 0.717) is 18.9 Å². The Hall–Kier alpha value is -2.33. The van der Waals surface area contributed by atoms with Gasteiger partial charge in [0, 0.05) is 12.1 Å². The lowest BCUT2D eigenvalue weighted by atomic mass is 9.62. The monoisotopic (exact) mass is 435 g/mol. The third kappa shape index (κ3) is 4.43. The quantitative estimate of drug-likeness (QED) is 0.632. The van der Waals surface area contributed by atoms with Crippen LogP contribution in [0.25, 0.3) is 0 Å². The molecule has 172 valence electrons. The van der Waals surface area contributed by atoms with Crippen molar-refractivity contribution in [2.75, 3.05) is 6.54 Å². The summed E-state index contributed by atoms with van der Waals surface area (Å²) in [5.74, 6) is 0.978. The van der Waals surface area contributed by atoms with E-state index in [0.717, 1.165) is 60.8 Å². The lowest BCUT2D eigenvalue weighted by Crippen LogP contribution is -2.41. The molecule has 2 bridgehead atoms. The zero-order valence-corrected chi connectivity index (χ0v) is 19.7. The predicted molar refractivity (Wildman–Crippen MR) is 128 cm³/mol. The highest BCUT2D eigenvalue weighted by Gasteiger charge is 2.49. The maximum absolute atomic E-state index is 13.6. The number of aromatic hydroxyl groups is 1. The number of carbonyl (C=O) groups excluding carboxylic acids is 1. The van der Waals surface area contributed by atoms with Gasteiger partial charge in [0.1, 0.15) is 5.75 Å². The maximum atomic E-state index is 13.6. The topological polar surface area (TPSA) is 60.8 Å². The van der Waals surface area contributed by atoms with E-state index in [1.54, 1.807) is 12.1 Å². The van der Waals surface area contributed by atoms with Gasteiger partial charge in [0.25, 0.3) is 0 Å². The minimum absolute atomic E-state index is 0.0282. The third-order valence-corrected chi connectivity index (χ3v) is 7.93. The summed E-state index contributed by atoms with van der Waals surface area (Å²) in [6.07, 6.45) is 7.50. The second-order valence-corrected chi connectivity index (χ2v) is 10.6. The van der Waals surface area contributed by atoms with Crippen LogP contribution >= 0.6 is 0 Å². The van der Waals surface area contributed by atoms with Gasteiger partial charge in [0.15, 0.2) is 0 Å². The van der Waals surface area contributed by atoms with Crippen molar-refractivity contribution in [1.82, 2.24) is 4.90 Å². The lowest BCUT2D eigenvalue weighted by molar-refractivity contribution is -0.127. The molecule has 0 radical (unpaired) electrons. The summed E-state index contributed by atoms with van der Waals surface area (Å²) in [5.41, 5.74) is 5.70. The Morgan fingerprint density at radius 3 is 2.53 bits per heavy atom. The fourth-order valence-electron chi connectivity index (χ4n) is 6.17. The molecule has 0 aromatic heterocycles. The first-order valence-corrected chi connectivity index (χ1v) is 12.0. The van der Waals surface area contributed by atoms with E-state index in [1.807, 2.05) is 18.2 Å². The van der Waals surface area contributed by atoms with Crippen LogP contribution in [0.2, 0.25) is 0 Å². The van der Waals surface area contributed by atoms with Crippen molar-refractivity contribution in [2.45, 2.75) is 77.9 Å². The smallest absolute Gasteiger partial charge is 0.250 e. The number of amides is 1. The third-order valence-electron chi connectivity index (χ3n) is 7.93. The first kappa shape index (κ1) is 22.8. The highest BCUT2D eigenvalue weighted by molar-refractivity contribution is 5.98. The molecule has 3 atom stereocenters. The van der Waals surface area contributed by atoms with E-state index < -0.39 is 6.10 Å². The van der Waals surface area contributed by atoms with Crippen LogP contribution in [0.4, 0.5) is 0 Å². The number of nitrogens with zero attached hydrogens (tertiary/aromatic N) is 1. The summed E-state index contributed by atoms with van der Waals surface area (Å²) in [4.78, 5) is 15.7. The molecule has 3 aliphatic rings. The van der Waals surface area contributed by atoms with Gasteiger partial charge in [-0.05, 0) is 86.5 Å². The van der Waals surface area contributed by atoms with E-state index in [9.17, 15) is 15.0 Å². The van der Waals surface area contributed by atoms with Crippen molar-refractivity contribution in [3.63, 3.8) is 0 Å². The molecule has 1 aliphatic heterocycles. The van der Waals surface area contributed by atoms with E-state index in [2.05, 4.69) is 32.3 Å². The number of rotatable bonds is 3. The van der Waals surface area contributed by atoms with Crippen LogP contribution in [0.5, 0.6) is 5.75 Å². The van der Waals surface area contributed by atoms with Crippen LogP contribution in [0, 0.1) is 11.3 Å². The number of benzene rings is 1. The standard InChI is InChI=1S/C28H37NO3/c1-18-5-8-21-9-12-24-26(28(21,3)4)25(17-19(2)16-23(31)15-18)29(27(24)32)14-13-20-6-10-22(30)11-7-20/h6-7,10-11,16,21,23,25,30-31H,1,5,8-9,12-15,17H2,2-4H3/b19-16+/t21-,23+,25-/m1/s1. The minimum Gasteiger partial charge on any atom is -0.508 e. The largest absolute Gasteiger partial charge is 0.508 e. The van der Waals surface area contributed by atoms with Gasteiger partial charge in [0.05, 0.1) is 12.1 Å². The molecule has 4 nitrogen and oxygen atoms in total. The molecule has 0 saturated carbocycles. The molecule has 32 heavy (non-hydrogen) atoms. The van der Waals surface area contributed by atoms with Crippen molar-refractivity contribution < 1.29 is 15.0 Å². The lowest BCUT2D eigenvalue weighted by Gasteiger charge is -2.43. The van der Waals surface area contributed by atoms with Gasteiger partial charge in [-0.2, -0.15) is 0 Å². The number of aliphatic hydroxyl groups is 1. The van der Waals surface area contributed by atoms with Crippen molar-refractivity contribution in [1.29, 1.82) is 0 Å². The SMILES string of the molecule is C=C1CC[C@@H]2CCC3=C([C@@H](C/C(C)=C/[C@@H](O)C1)N(CCc1ccc(O)cc1)C3=O)C2(C)C. The Morgan fingerprint density at radius 2 is 1.81 bits per heavy atom. The second kappa shape index (κ2) is 8.90. The summed E-state index contributed by atoms with van der Waals surface area (Å²) in [5, 5.41) is 20.1. The Kier molecular flexibility index (Phi) is 6.35. The van der Waals surface area contributed by atoms with Crippen LogP contribution in [-0.4, -0.2) is 39.7 Å². The summed E-state index contributed by atoms with van der Waals surface area (Å²) in [7, 11) is 0. The summed E-state index contributed by atoms with van der Waals surface area (Å²) >= 11 is 0. The Bertz CT molecular complexity index is 953. The average molecular weight is 436 g/mol. The van der Waals surface area contributed by atoms with E-state index in [4.69, 9.17) is 0 Å². The first-order valence-electron chi connectivity index (χ1n) is 12.0. The number of carbonyl (C=O) groups is 1. The molecule has 1 amide bonds. The van der Waals surface area contributed by atoms with E-state index in [1.165, 1.54) is 5.57 Å². The number of fused-ring (bicyclic) bond motifs is 1. The predicted octanol–water partition coefficient (Wildman–Crippen LogP) is 5.32. The Morgan fingerprint density at radius 1 is 1.12 bits per heavy atom. The van der Waals surface area contributed by atoms with E-state index >= 15 is 0 Å². The highest BCUT2D eigenvalue weighted by Crippen LogP contribution is 2.53. The highest BCUT2D eigenvalue weighted by atomic mass is 16.3. The molecule has 1 aromatic rings. The van der Waals surface area contributed by atoms with Crippen LogP contribution < -0.4 is 0 Å². The average Bonchev–Trinajstić information content (AvgIpc) is 2.98. The van der Waals surface area contributed by atoms with Crippen LogP contribution in [0.1, 0.15) is 64.9 Å². The molecule has 1 heterocycles. The Labute approximate surface area is 192 Å². The fraction of sp³-hybridized carbons (Fsp3) is 0.536. The first-order chi connectivity index (χ1) is 15.2. The molecule has 4 rings (SSSR count). The van der Waals surface area contributed by atoms with Gasteiger partial charge in [-0.3, -0.25) is 4.79 Å². The molecule has 0 saturated heterocycles. The van der Waals surface area contributed by atoms with Gasteiger partial charge in [-0.1, -0.05) is 49.8 Å². The number of phenolic OH excluding ortho intramolecular Hbond substituents is 1. The molecular formula is C28H37NO3. The zero-order valence-electron chi connectivity index (χ0n) is 19.7. The van der Waals surface area contributed by atoms with Crippen molar-refractivity contribution in [3.05, 3.63) is 64.8 Å². The number of hydrogen-bond donors (Lipinski definition) is 2. The summed E-state index contributed by atoms with van der Waals surface area (Å²) in [6.45, 7) is 11.6. The molecule has 0 fully saturated rings. The Balaban J connectivity index is 1.67. The van der Waals surface area contributed by atoms with Gasteiger partial charge in [-0.15, -0.1) is 0 Å². The van der Waals surface area contributed by atoms with Crippen LogP contribution in [0.15, 0.2) is 59.2 Å². The zero-order chi connectivity index (χ0) is 23.0. The number of hydrogen-bond acceptors (Lipinski definition) is 3. The van der Waals surface area contributed by atoms with Crippen molar-refractivity contribution in [3.8, 4) is 5.75 Å². The number of aliphatic hydroxyl groups excluding tert-OH is 1. The fourth-order valence-corrected chi connectivity index (χ4v) is 6.17. The van der Waals surface area contributed by atoms with Crippen LogP contribution in [-0.2, 0) is 11.2 Å².